The SMILES string of the molecule is CCCNCCOCCN1CCN(CCOCCNC(C)C)CC1. The molecule has 1 fully saturated rings. The predicted octanol–water partition coefficient (Wildman–Crippen LogP) is 0.635. The molecule has 2 N–H and O–H groups in total. The smallest absolute Gasteiger partial charge is 0.0594 e. The van der Waals surface area contributed by atoms with Gasteiger partial charge in [0.2, 0.25) is 0 Å². The van der Waals surface area contributed by atoms with Gasteiger partial charge in [-0.05, 0) is 13.0 Å². The number of rotatable bonds is 15. The molecule has 1 aliphatic rings. The van der Waals surface area contributed by atoms with Gasteiger partial charge in [0, 0.05) is 58.4 Å². The van der Waals surface area contributed by atoms with E-state index in [9.17, 15) is 0 Å². The average Bonchev–Trinajstić information content (AvgIpc) is 2.58. The molecule has 0 aromatic carbocycles. The maximum atomic E-state index is 5.69. The lowest BCUT2D eigenvalue weighted by molar-refractivity contribution is 0.0577. The molecule has 1 saturated heterocycles. The number of piperazine rings is 1. The molecule has 1 aliphatic heterocycles. The highest BCUT2D eigenvalue weighted by Crippen LogP contribution is 2.01. The monoisotopic (exact) mass is 344 g/mol. The Morgan fingerprint density at radius 1 is 0.792 bits per heavy atom. The largest absolute Gasteiger partial charge is 0.379 e. The molecule has 0 bridgehead atoms. The first-order chi connectivity index (χ1) is 11.7. The predicted molar refractivity (Wildman–Crippen MR) is 101 cm³/mol. The molecule has 0 radical (unpaired) electrons. The van der Waals surface area contributed by atoms with Gasteiger partial charge >= 0.3 is 0 Å². The second-order valence-electron chi connectivity index (χ2n) is 6.77. The minimum absolute atomic E-state index is 0.540. The van der Waals surface area contributed by atoms with E-state index in [2.05, 4.69) is 41.2 Å². The Kier molecular flexibility index (Phi) is 13.7. The normalized spacial score (nSPS) is 17.0. The molecule has 24 heavy (non-hydrogen) atoms. The summed E-state index contributed by atoms with van der Waals surface area (Å²) in [6.45, 7) is 19.5. The van der Waals surface area contributed by atoms with E-state index in [1.807, 2.05) is 0 Å². The lowest BCUT2D eigenvalue weighted by Gasteiger charge is -2.34. The summed E-state index contributed by atoms with van der Waals surface area (Å²) in [7, 11) is 0. The van der Waals surface area contributed by atoms with Crippen LogP contribution in [0.3, 0.4) is 0 Å². The fourth-order valence-corrected chi connectivity index (χ4v) is 2.69. The number of nitrogens with one attached hydrogen (secondary N) is 2. The van der Waals surface area contributed by atoms with Gasteiger partial charge in [0.25, 0.3) is 0 Å². The fourth-order valence-electron chi connectivity index (χ4n) is 2.69. The molecule has 6 nitrogen and oxygen atoms in total. The van der Waals surface area contributed by atoms with Gasteiger partial charge in [0.05, 0.1) is 26.4 Å². The van der Waals surface area contributed by atoms with Gasteiger partial charge in [0.1, 0.15) is 0 Å². The van der Waals surface area contributed by atoms with Crippen molar-refractivity contribution in [1.29, 1.82) is 0 Å². The van der Waals surface area contributed by atoms with Gasteiger partial charge < -0.3 is 20.1 Å². The van der Waals surface area contributed by atoms with Gasteiger partial charge in [0.15, 0.2) is 0 Å². The average molecular weight is 345 g/mol. The van der Waals surface area contributed by atoms with Crippen molar-refractivity contribution in [3.63, 3.8) is 0 Å². The number of nitrogens with zero attached hydrogens (tertiary/aromatic N) is 2. The second-order valence-corrected chi connectivity index (χ2v) is 6.77. The molecule has 0 aliphatic carbocycles. The Morgan fingerprint density at radius 2 is 1.33 bits per heavy atom. The van der Waals surface area contributed by atoms with Crippen molar-refractivity contribution >= 4 is 0 Å². The van der Waals surface area contributed by atoms with Crippen molar-refractivity contribution in [2.45, 2.75) is 33.2 Å². The third-order valence-corrected chi connectivity index (χ3v) is 4.22. The molecule has 6 heteroatoms. The van der Waals surface area contributed by atoms with E-state index in [1.165, 1.54) is 6.42 Å². The second kappa shape index (κ2) is 15.0. The van der Waals surface area contributed by atoms with Crippen LogP contribution < -0.4 is 10.6 Å². The standard InChI is InChI=1S/C18H40N4O2/c1-4-5-19-6-14-23-16-12-21-8-10-22(11-9-21)13-17-24-15-7-20-18(2)3/h18-20H,4-17H2,1-3H3. The van der Waals surface area contributed by atoms with Crippen LogP contribution in [0.2, 0.25) is 0 Å². The molecular weight excluding hydrogens is 304 g/mol. The number of hydrogen-bond donors (Lipinski definition) is 2. The van der Waals surface area contributed by atoms with Crippen LogP contribution in [0.25, 0.3) is 0 Å². The van der Waals surface area contributed by atoms with E-state index in [4.69, 9.17) is 9.47 Å². The van der Waals surface area contributed by atoms with Crippen LogP contribution in [0.1, 0.15) is 27.2 Å². The van der Waals surface area contributed by atoms with E-state index >= 15 is 0 Å². The van der Waals surface area contributed by atoms with Gasteiger partial charge in [-0.15, -0.1) is 0 Å². The molecule has 0 spiro atoms. The molecule has 1 rings (SSSR count). The highest BCUT2D eigenvalue weighted by molar-refractivity contribution is 4.71. The molecule has 0 atom stereocenters. The van der Waals surface area contributed by atoms with Gasteiger partial charge in [-0.1, -0.05) is 20.8 Å². The van der Waals surface area contributed by atoms with Crippen LogP contribution in [-0.2, 0) is 9.47 Å². The molecule has 0 amide bonds. The molecule has 0 saturated carbocycles. The minimum atomic E-state index is 0.540. The summed E-state index contributed by atoms with van der Waals surface area (Å²) in [4.78, 5) is 5.01. The lowest BCUT2D eigenvalue weighted by Crippen LogP contribution is -2.48. The van der Waals surface area contributed by atoms with Crippen molar-refractivity contribution < 1.29 is 9.47 Å². The third kappa shape index (κ3) is 12.2. The van der Waals surface area contributed by atoms with Crippen molar-refractivity contribution in [2.24, 2.45) is 0 Å². The molecule has 144 valence electrons. The van der Waals surface area contributed by atoms with Crippen molar-refractivity contribution in [2.75, 3.05) is 85.3 Å². The van der Waals surface area contributed by atoms with E-state index in [-0.39, 0.29) is 0 Å². The van der Waals surface area contributed by atoms with Gasteiger partial charge in [-0.2, -0.15) is 0 Å². The summed E-state index contributed by atoms with van der Waals surface area (Å²) in [6, 6.07) is 0.540. The van der Waals surface area contributed by atoms with Crippen LogP contribution in [0.4, 0.5) is 0 Å². The summed E-state index contributed by atoms with van der Waals surface area (Å²) in [6.07, 6.45) is 1.18. The molecule has 0 aromatic rings. The number of ether oxygens (including phenoxy) is 2. The number of hydrogen-bond acceptors (Lipinski definition) is 6. The first-order valence-corrected chi connectivity index (χ1v) is 9.76. The Labute approximate surface area is 149 Å². The van der Waals surface area contributed by atoms with E-state index < -0.39 is 0 Å². The van der Waals surface area contributed by atoms with E-state index in [1.54, 1.807) is 0 Å². The fraction of sp³-hybridized carbons (Fsp3) is 1.00. The van der Waals surface area contributed by atoms with Gasteiger partial charge in [-0.3, -0.25) is 9.80 Å². The first-order valence-electron chi connectivity index (χ1n) is 9.76. The maximum absolute atomic E-state index is 5.69. The first kappa shape index (κ1) is 21.8. The zero-order valence-corrected chi connectivity index (χ0v) is 16.2. The van der Waals surface area contributed by atoms with Crippen LogP contribution >= 0.6 is 0 Å². The molecular formula is C18H40N4O2. The zero-order chi connectivity index (χ0) is 17.5. The van der Waals surface area contributed by atoms with Crippen LogP contribution in [0.15, 0.2) is 0 Å². The molecule has 1 heterocycles. The molecule has 0 unspecified atom stereocenters. The summed E-state index contributed by atoms with van der Waals surface area (Å²) in [5, 5.41) is 6.72. The Bertz CT molecular complexity index is 272. The minimum Gasteiger partial charge on any atom is -0.379 e. The van der Waals surface area contributed by atoms with Crippen molar-refractivity contribution in [1.82, 2.24) is 20.4 Å². The summed E-state index contributed by atoms with van der Waals surface area (Å²) in [5.41, 5.74) is 0. The Balaban J connectivity index is 1.87. The Hall–Kier alpha value is -0.240. The zero-order valence-electron chi connectivity index (χ0n) is 16.2. The highest BCUT2D eigenvalue weighted by atomic mass is 16.5. The van der Waals surface area contributed by atoms with Crippen LogP contribution in [0.5, 0.6) is 0 Å². The topological polar surface area (TPSA) is 49.0 Å². The van der Waals surface area contributed by atoms with Crippen LogP contribution in [-0.4, -0.2) is 101 Å². The lowest BCUT2D eigenvalue weighted by atomic mass is 10.3. The van der Waals surface area contributed by atoms with Crippen molar-refractivity contribution in [3.05, 3.63) is 0 Å². The summed E-state index contributed by atoms with van der Waals surface area (Å²) >= 11 is 0. The quantitative estimate of drug-likeness (QED) is 0.425. The van der Waals surface area contributed by atoms with Crippen LogP contribution in [0, 0.1) is 0 Å². The van der Waals surface area contributed by atoms with Crippen molar-refractivity contribution in [3.8, 4) is 0 Å². The van der Waals surface area contributed by atoms with E-state index in [0.717, 1.165) is 85.3 Å². The van der Waals surface area contributed by atoms with E-state index in [0.29, 0.717) is 6.04 Å². The maximum Gasteiger partial charge on any atom is 0.0594 e. The third-order valence-electron chi connectivity index (χ3n) is 4.22. The summed E-state index contributed by atoms with van der Waals surface area (Å²) in [5.74, 6) is 0. The van der Waals surface area contributed by atoms with Gasteiger partial charge in [-0.25, -0.2) is 0 Å². The molecule has 0 aromatic heterocycles. The summed E-state index contributed by atoms with van der Waals surface area (Å²) < 4.78 is 11.4. The Morgan fingerprint density at radius 3 is 1.83 bits per heavy atom. The highest BCUT2D eigenvalue weighted by Gasteiger charge is 2.15.